The molecule has 0 saturated heterocycles. The maximum absolute atomic E-state index is 10.7. The van der Waals surface area contributed by atoms with E-state index in [4.69, 9.17) is 10.2 Å². The minimum atomic E-state index is -1.09. The molecule has 1 unspecified atom stereocenters. The van der Waals surface area contributed by atoms with Crippen molar-refractivity contribution in [1.29, 1.82) is 0 Å². The number of aliphatic carboxylic acids is 1. The van der Waals surface area contributed by atoms with Gasteiger partial charge in [0.15, 0.2) is 0 Å². The van der Waals surface area contributed by atoms with E-state index < -0.39 is 12.0 Å². The number of hydrogen-bond acceptors (Lipinski definition) is 3. The minimum absolute atomic E-state index is 0. The van der Waals surface area contributed by atoms with Crippen LogP contribution in [-0.4, -0.2) is 28.6 Å². The SMILES string of the molecule is O=CNC(Cc1ccc(O)cc1)C(=O)O.[Na+]. The zero-order valence-electron chi connectivity index (χ0n) is 8.88. The van der Waals surface area contributed by atoms with E-state index in [2.05, 4.69) is 5.32 Å². The maximum Gasteiger partial charge on any atom is 1.00 e. The van der Waals surface area contributed by atoms with Crippen molar-refractivity contribution in [3.63, 3.8) is 0 Å². The molecule has 0 spiro atoms. The van der Waals surface area contributed by atoms with Gasteiger partial charge in [-0.25, -0.2) is 4.79 Å². The van der Waals surface area contributed by atoms with Gasteiger partial charge in [-0.3, -0.25) is 4.79 Å². The molecule has 1 amide bonds. The van der Waals surface area contributed by atoms with Gasteiger partial charge in [-0.15, -0.1) is 0 Å². The number of benzene rings is 1. The van der Waals surface area contributed by atoms with Crippen molar-refractivity contribution in [2.24, 2.45) is 0 Å². The van der Waals surface area contributed by atoms with Gasteiger partial charge in [0.05, 0.1) is 0 Å². The number of phenols is 1. The van der Waals surface area contributed by atoms with E-state index in [0.717, 1.165) is 5.56 Å². The standard InChI is InChI=1S/C10H11NO4.Na/c12-6-11-9(10(14)15)5-7-1-3-8(13)4-2-7;/h1-4,6,9,13H,5H2,(H,11,12)(H,14,15);/q;+1. The van der Waals surface area contributed by atoms with Crippen LogP contribution in [0.1, 0.15) is 5.56 Å². The van der Waals surface area contributed by atoms with Gasteiger partial charge in [0.25, 0.3) is 0 Å². The number of carbonyl (C=O) groups is 2. The second-order valence-corrected chi connectivity index (χ2v) is 3.05. The molecule has 0 aliphatic heterocycles. The van der Waals surface area contributed by atoms with Crippen molar-refractivity contribution < 1.29 is 49.4 Å². The Balaban J connectivity index is 0.00000225. The molecule has 0 radical (unpaired) electrons. The summed E-state index contributed by atoms with van der Waals surface area (Å²) in [5.74, 6) is -0.968. The van der Waals surface area contributed by atoms with E-state index in [1.807, 2.05) is 0 Å². The van der Waals surface area contributed by atoms with Crippen molar-refractivity contribution in [3.05, 3.63) is 29.8 Å². The third-order valence-electron chi connectivity index (χ3n) is 1.94. The molecule has 0 bridgehead atoms. The van der Waals surface area contributed by atoms with Crippen LogP contribution < -0.4 is 34.9 Å². The van der Waals surface area contributed by atoms with Crippen molar-refractivity contribution in [2.75, 3.05) is 0 Å². The largest absolute Gasteiger partial charge is 1.00 e. The molecule has 1 atom stereocenters. The van der Waals surface area contributed by atoms with Crippen LogP contribution in [0.25, 0.3) is 0 Å². The van der Waals surface area contributed by atoms with Crippen LogP contribution in [0, 0.1) is 0 Å². The Labute approximate surface area is 115 Å². The molecule has 3 N–H and O–H groups in total. The normalized spacial score (nSPS) is 11.0. The zero-order chi connectivity index (χ0) is 11.3. The summed E-state index contributed by atoms with van der Waals surface area (Å²) in [5.41, 5.74) is 0.731. The molecule has 0 aromatic heterocycles. The van der Waals surface area contributed by atoms with Crippen LogP contribution in [0.3, 0.4) is 0 Å². The molecule has 0 fully saturated rings. The second kappa shape index (κ2) is 7.27. The summed E-state index contributed by atoms with van der Waals surface area (Å²) in [7, 11) is 0. The second-order valence-electron chi connectivity index (χ2n) is 3.05. The number of rotatable bonds is 5. The van der Waals surface area contributed by atoms with Gasteiger partial charge in [-0.05, 0) is 17.7 Å². The van der Waals surface area contributed by atoms with E-state index in [0.29, 0.717) is 6.41 Å². The van der Waals surface area contributed by atoms with E-state index in [9.17, 15) is 9.59 Å². The number of carboxylic acids is 1. The van der Waals surface area contributed by atoms with Crippen LogP contribution in [-0.2, 0) is 16.0 Å². The number of hydrogen-bond donors (Lipinski definition) is 3. The number of aromatic hydroxyl groups is 1. The Morgan fingerprint density at radius 3 is 2.38 bits per heavy atom. The van der Waals surface area contributed by atoms with Crippen molar-refractivity contribution in [2.45, 2.75) is 12.5 Å². The summed E-state index contributed by atoms with van der Waals surface area (Å²) in [6.07, 6.45) is 0.549. The van der Waals surface area contributed by atoms with Gasteiger partial charge in [-0.2, -0.15) is 0 Å². The molecule has 0 aliphatic carbocycles. The van der Waals surface area contributed by atoms with E-state index in [-0.39, 0.29) is 41.7 Å². The molecule has 6 heteroatoms. The minimum Gasteiger partial charge on any atom is -0.508 e. The summed E-state index contributed by atoms with van der Waals surface area (Å²) in [4.78, 5) is 20.8. The fourth-order valence-electron chi connectivity index (χ4n) is 1.17. The van der Waals surface area contributed by atoms with Crippen molar-refractivity contribution in [3.8, 4) is 5.75 Å². The van der Waals surface area contributed by atoms with Gasteiger partial charge in [0.2, 0.25) is 6.41 Å². The van der Waals surface area contributed by atoms with Gasteiger partial charge in [-0.1, -0.05) is 12.1 Å². The molecular formula is C10H11NNaO4+. The molecule has 0 aliphatic rings. The van der Waals surface area contributed by atoms with Gasteiger partial charge in [0, 0.05) is 6.42 Å². The third-order valence-corrected chi connectivity index (χ3v) is 1.94. The summed E-state index contributed by atoms with van der Waals surface area (Å²) < 4.78 is 0. The predicted molar refractivity (Wildman–Crippen MR) is 52.4 cm³/mol. The van der Waals surface area contributed by atoms with Crippen LogP contribution in [0.2, 0.25) is 0 Å². The molecule has 1 rings (SSSR count). The van der Waals surface area contributed by atoms with E-state index >= 15 is 0 Å². The molecule has 1 aromatic rings. The summed E-state index contributed by atoms with van der Waals surface area (Å²) >= 11 is 0. The average Bonchev–Trinajstić information content (AvgIpc) is 2.20. The fraction of sp³-hybridized carbons (Fsp3) is 0.200. The van der Waals surface area contributed by atoms with E-state index in [1.165, 1.54) is 12.1 Å². The molecule has 0 saturated carbocycles. The summed E-state index contributed by atoms with van der Waals surface area (Å²) in [6, 6.07) is 5.21. The molecule has 5 nitrogen and oxygen atoms in total. The van der Waals surface area contributed by atoms with Gasteiger partial charge >= 0.3 is 35.5 Å². The molecular weight excluding hydrogens is 221 g/mol. The van der Waals surface area contributed by atoms with Crippen molar-refractivity contribution in [1.82, 2.24) is 5.32 Å². The number of carbonyl (C=O) groups excluding carboxylic acids is 1. The monoisotopic (exact) mass is 232 g/mol. The third kappa shape index (κ3) is 4.65. The smallest absolute Gasteiger partial charge is 0.508 e. The molecule has 16 heavy (non-hydrogen) atoms. The first-order chi connectivity index (χ1) is 7.13. The Morgan fingerprint density at radius 1 is 1.38 bits per heavy atom. The molecule has 1 aromatic carbocycles. The number of carboxylic acid groups (broad SMARTS) is 1. The Hall–Kier alpha value is -1.04. The first-order valence-electron chi connectivity index (χ1n) is 4.34. The van der Waals surface area contributed by atoms with Crippen LogP contribution >= 0.6 is 0 Å². The Kier molecular flexibility index (Phi) is 6.80. The van der Waals surface area contributed by atoms with E-state index in [1.54, 1.807) is 12.1 Å². The molecule has 0 heterocycles. The Morgan fingerprint density at radius 2 is 1.94 bits per heavy atom. The van der Waals surface area contributed by atoms with Crippen LogP contribution in [0.5, 0.6) is 5.75 Å². The Bertz CT molecular complexity index is 352. The first kappa shape index (κ1) is 15.0. The quantitative estimate of drug-likeness (QED) is 0.376. The van der Waals surface area contributed by atoms with Gasteiger partial charge < -0.3 is 15.5 Å². The fourth-order valence-corrected chi connectivity index (χ4v) is 1.17. The maximum atomic E-state index is 10.7. The summed E-state index contributed by atoms with van der Waals surface area (Å²) in [5, 5.41) is 20.0. The topological polar surface area (TPSA) is 86.6 Å². The number of phenolic OH excluding ortho intramolecular Hbond substituents is 1. The number of nitrogens with one attached hydrogen (secondary N) is 1. The van der Waals surface area contributed by atoms with Crippen molar-refractivity contribution >= 4 is 12.4 Å². The first-order valence-corrected chi connectivity index (χ1v) is 4.34. The predicted octanol–water partition coefficient (Wildman–Crippen LogP) is -2.86. The number of amides is 1. The zero-order valence-corrected chi connectivity index (χ0v) is 10.9. The molecule has 80 valence electrons. The average molecular weight is 232 g/mol. The van der Waals surface area contributed by atoms with Gasteiger partial charge in [0.1, 0.15) is 11.8 Å². The van der Waals surface area contributed by atoms with Crippen LogP contribution in [0.4, 0.5) is 0 Å². The van der Waals surface area contributed by atoms with Crippen LogP contribution in [0.15, 0.2) is 24.3 Å². The summed E-state index contributed by atoms with van der Waals surface area (Å²) in [6.45, 7) is 0.